The predicted octanol–water partition coefficient (Wildman–Crippen LogP) is 3.13. The number of carbonyl (C=O) groups excluding carboxylic acids is 1. The Hall–Kier alpha value is -1.42. The van der Waals surface area contributed by atoms with E-state index >= 15 is 0 Å². The molecule has 0 aromatic heterocycles. The van der Waals surface area contributed by atoms with E-state index in [2.05, 4.69) is 5.32 Å². The van der Waals surface area contributed by atoms with Gasteiger partial charge in [0.1, 0.15) is 5.82 Å². The molecule has 1 amide bonds. The molecule has 2 atom stereocenters. The van der Waals surface area contributed by atoms with E-state index in [9.17, 15) is 9.18 Å². The first-order valence-electron chi connectivity index (χ1n) is 8.05. The molecular formula is C18H27FN2O. The molecule has 1 fully saturated rings. The third-order valence-corrected chi connectivity index (χ3v) is 4.88. The van der Waals surface area contributed by atoms with Gasteiger partial charge in [-0.2, -0.15) is 0 Å². The van der Waals surface area contributed by atoms with Crippen molar-refractivity contribution in [2.24, 2.45) is 11.7 Å². The van der Waals surface area contributed by atoms with Crippen LogP contribution < -0.4 is 11.1 Å². The van der Waals surface area contributed by atoms with E-state index in [1.54, 1.807) is 6.07 Å². The van der Waals surface area contributed by atoms with Gasteiger partial charge < -0.3 is 11.1 Å². The zero-order valence-electron chi connectivity index (χ0n) is 13.8. The van der Waals surface area contributed by atoms with Crippen molar-refractivity contribution in [2.45, 2.75) is 57.4 Å². The fourth-order valence-electron chi connectivity index (χ4n) is 3.23. The van der Waals surface area contributed by atoms with Gasteiger partial charge in [-0.3, -0.25) is 4.79 Å². The molecule has 0 radical (unpaired) electrons. The quantitative estimate of drug-likeness (QED) is 0.898. The number of amides is 1. The molecule has 122 valence electrons. The van der Waals surface area contributed by atoms with E-state index in [1.807, 2.05) is 26.8 Å². The maximum absolute atomic E-state index is 13.4. The first-order chi connectivity index (χ1) is 10.2. The molecule has 2 unspecified atom stereocenters. The summed E-state index contributed by atoms with van der Waals surface area (Å²) in [5.74, 6) is -0.363. The second kappa shape index (κ2) is 6.37. The Morgan fingerprint density at radius 3 is 2.82 bits per heavy atom. The Bertz CT molecular complexity index is 540. The van der Waals surface area contributed by atoms with Crippen LogP contribution >= 0.6 is 0 Å². The molecule has 1 aromatic carbocycles. The highest BCUT2D eigenvalue weighted by atomic mass is 19.1. The van der Waals surface area contributed by atoms with Gasteiger partial charge in [-0.05, 0) is 37.5 Å². The molecular weight excluding hydrogens is 279 g/mol. The van der Waals surface area contributed by atoms with Gasteiger partial charge in [0.25, 0.3) is 0 Å². The molecule has 1 aliphatic rings. The molecule has 0 bridgehead atoms. The predicted molar refractivity (Wildman–Crippen MR) is 87.0 cm³/mol. The second-order valence-corrected chi connectivity index (χ2v) is 7.42. The van der Waals surface area contributed by atoms with Crippen molar-refractivity contribution in [1.29, 1.82) is 0 Å². The molecule has 0 saturated heterocycles. The number of halogens is 1. The molecule has 4 heteroatoms. The molecule has 22 heavy (non-hydrogen) atoms. The summed E-state index contributed by atoms with van der Waals surface area (Å²) >= 11 is 0. The molecule has 1 aromatic rings. The van der Waals surface area contributed by atoms with E-state index in [0.717, 1.165) is 31.2 Å². The second-order valence-electron chi connectivity index (χ2n) is 7.42. The third kappa shape index (κ3) is 3.86. The Morgan fingerprint density at radius 2 is 2.18 bits per heavy atom. The highest BCUT2D eigenvalue weighted by Gasteiger charge is 2.38. The Morgan fingerprint density at radius 1 is 1.45 bits per heavy atom. The van der Waals surface area contributed by atoms with E-state index in [4.69, 9.17) is 5.73 Å². The first-order valence-corrected chi connectivity index (χ1v) is 8.05. The number of hydrogen-bond acceptors (Lipinski definition) is 2. The summed E-state index contributed by atoms with van der Waals surface area (Å²) in [5.41, 5.74) is 6.42. The van der Waals surface area contributed by atoms with Crippen LogP contribution in [-0.2, 0) is 10.2 Å². The average Bonchev–Trinajstić information content (AvgIpc) is 2.44. The fraction of sp³-hybridized carbons (Fsp3) is 0.611. The Labute approximate surface area is 132 Å². The summed E-state index contributed by atoms with van der Waals surface area (Å²) in [6, 6.07) is 6.55. The monoisotopic (exact) mass is 306 g/mol. The standard InChI is InChI=1S/C18H27FN2O/c1-17(2,13-7-6-8-14(19)11-13)12-21-16(22)15-9-4-5-10-18(15,3)20/h6-8,11,15H,4-5,9-10,12,20H2,1-3H3,(H,21,22). The molecule has 1 saturated carbocycles. The van der Waals surface area contributed by atoms with Crippen LogP contribution in [0.25, 0.3) is 0 Å². The van der Waals surface area contributed by atoms with Gasteiger partial charge in [0.2, 0.25) is 5.91 Å². The van der Waals surface area contributed by atoms with E-state index in [0.29, 0.717) is 6.54 Å². The Balaban J connectivity index is 2.00. The minimum Gasteiger partial charge on any atom is -0.355 e. The molecule has 0 spiro atoms. The SMILES string of the molecule is CC(C)(CNC(=O)C1CCCCC1(C)N)c1cccc(F)c1. The highest BCUT2D eigenvalue weighted by Crippen LogP contribution is 2.32. The summed E-state index contributed by atoms with van der Waals surface area (Å²) in [5, 5.41) is 3.02. The van der Waals surface area contributed by atoms with Crippen LogP contribution in [0.15, 0.2) is 24.3 Å². The maximum Gasteiger partial charge on any atom is 0.224 e. The molecule has 1 aliphatic carbocycles. The topological polar surface area (TPSA) is 55.1 Å². The van der Waals surface area contributed by atoms with Gasteiger partial charge in [-0.25, -0.2) is 4.39 Å². The minimum atomic E-state index is -0.425. The summed E-state index contributed by atoms with van der Waals surface area (Å²) in [6.07, 6.45) is 3.88. The van der Waals surface area contributed by atoms with Crippen molar-refractivity contribution in [3.8, 4) is 0 Å². The number of benzene rings is 1. The Kier molecular flexibility index (Phi) is 4.90. The summed E-state index contributed by atoms with van der Waals surface area (Å²) in [7, 11) is 0. The van der Waals surface area contributed by atoms with Gasteiger partial charge in [0, 0.05) is 17.5 Å². The number of nitrogens with two attached hydrogens (primary N) is 1. The van der Waals surface area contributed by atoms with Crippen LogP contribution in [0.1, 0.15) is 52.0 Å². The zero-order chi connectivity index (χ0) is 16.4. The number of rotatable bonds is 4. The van der Waals surface area contributed by atoms with Gasteiger partial charge in [-0.15, -0.1) is 0 Å². The average molecular weight is 306 g/mol. The minimum absolute atomic E-state index is 0.0224. The lowest BCUT2D eigenvalue weighted by atomic mass is 9.74. The van der Waals surface area contributed by atoms with Gasteiger partial charge in [-0.1, -0.05) is 38.8 Å². The van der Waals surface area contributed by atoms with Gasteiger partial charge >= 0.3 is 0 Å². The molecule has 3 nitrogen and oxygen atoms in total. The van der Waals surface area contributed by atoms with Gasteiger partial charge in [0.15, 0.2) is 0 Å². The van der Waals surface area contributed by atoms with Crippen molar-refractivity contribution in [2.75, 3.05) is 6.54 Å². The molecule has 2 rings (SSSR count). The van der Waals surface area contributed by atoms with Crippen molar-refractivity contribution < 1.29 is 9.18 Å². The first kappa shape index (κ1) is 16.9. The van der Waals surface area contributed by atoms with E-state index < -0.39 is 5.54 Å². The van der Waals surface area contributed by atoms with Crippen LogP contribution in [0, 0.1) is 11.7 Å². The molecule has 0 aliphatic heterocycles. The number of hydrogen-bond donors (Lipinski definition) is 2. The lowest BCUT2D eigenvalue weighted by molar-refractivity contribution is -0.128. The summed E-state index contributed by atoms with van der Waals surface area (Å²) in [4.78, 5) is 12.5. The van der Waals surface area contributed by atoms with Crippen molar-refractivity contribution in [3.63, 3.8) is 0 Å². The van der Waals surface area contributed by atoms with Crippen molar-refractivity contribution in [3.05, 3.63) is 35.6 Å². The van der Waals surface area contributed by atoms with Crippen LogP contribution in [0.4, 0.5) is 4.39 Å². The lowest BCUT2D eigenvalue weighted by Gasteiger charge is -2.38. The highest BCUT2D eigenvalue weighted by molar-refractivity contribution is 5.80. The normalized spacial score (nSPS) is 25.8. The van der Waals surface area contributed by atoms with Crippen LogP contribution in [0.5, 0.6) is 0 Å². The summed E-state index contributed by atoms with van der Waals surface area (Å²) in [6.45, 7) is 6.45. The molecule has 3 N–H and O–H groups in total. The van der Waals surface area contributed by atoms with Gasteiger partial charge in [0.05, 0.1) is 5.92 Å². The van der Waals surface area contributed by atoms with Crippen molar-refractivity contribution in [1.82, 2.24) is 5.32 Å². The van der Waals surface area contributed by atoms with Crippen LogP contribution in [-0.4, -0.2) is 18.0 Å². The summed E-state index contributed by atoms with van der Waals surface area (Å²) < 4.78 is 13.4. The van der Waals surface area contributed by atoms with E-state index in [1.165, 1.54) is 12.1 Å². The van der Waals surface area contributed by atoms with Crippen LogP contribution in [0.2, 0.25) is 0 Å². The zero-order valence-corrected chi connectivity index (χ0v) is 13.8. The number of carbonyl (C=O) groups is 1. The number of nitrogens with one attached hydrogen (secondary N) is 1. The maximum atomic E-state index is 13.4. The largest absolute Gasteiger partial charge is 0.355 e. The van der Waals surface area contributed by atoms with Crippen LogP contribution in [0.3, 0.4) is 0 Å². The third-order valence-electron chi connectivity index (χ3n) is 4.88. The van der Waals surface area contributed by atoms with Crippen molar-refractivity contribution >= 4 is 5.91 Å². The molecule has 0 heterocycles. The fourth-order valence-corrected chi connectivity index (χ4v) is 3.23. The lowest BCUT2D eigenvalue weighted by Crippen LogP contribution is -2.54. The smallest absolute Gasteiger partial charge is 0.224 e. The van der Waals surface area contributed by atoms with E-state index in [-0.39, 0.29) is 23.1 Å².